The normalized spacial score (nSPS) is 26.7. The van der Waals surface area contributed by atoms with Gasteiger partial charge in [0.2, 0.25) is 0 Å². The maximum absolute atomic E-state index is 11.3. The predicted molar refractivity (Wildman–Crippen MR) is 51.3 cm³/mol. The van der Waals surface area contributed by atoms with Gasteiger partial charge in [0.15, 0.2) is 0 Å². The molecule has 4 heteroatoms. The lowest BCUT2D eigenvalue weighted by atomic mass is 10.00. The van der Waals surface area contributed by atoms with Gasteiger partial charge in [-0.15, -0.1) is 0 Å². The van der Waals surface area contributed by atoms with Crippen LogP contribution >= 0.6 is 0 Å². The van der Waals surface area contributed by atoms with Crippen LogP contribution in [0, 0.1) is 0 Å². The number of hydrogen-bond donors (Lipinski definition) is 1. The summed E-state index contributed by atoms with van der Waals surface area (Å²) in [5.41, 5.74) is -0.675. The summed E-state index contributed by atoms with van der Waals surface area (Å²) >= 11 is 0. The van der Waals surface area contributed by atoms with Gasteiger partial charge in [0.1, 0.15) is 5.54 Å². The molecule has 1 fully saturated rings. The second kappa shape index (κ2) is 4.25. The van der Waals surface area contributed by atoms with Crippen molar-refractivity contribution < 1.29 is 9.59 Å². The Morgan fingerprint density at radius 3 is 2.00 bits per heavy atom. The molecule has 1 rings (SSSR count). The second-order valence-corrected chi connectivity index (χ2v) is 2.98. The van der Waals surface area contributed by atoms with Crippen molar-refractivity contribution in [1.82, 2.24) is 10.2 Å². The lowest BCUT2D eigenvalue weighted by Crippen LogP contribution is -2.42. The summed E-state index contributed by atoms with van der Waals surface area (Å²) in [7, 11) is 1.48. The van der Waals surface area contributed by atoms with Crippen molar-refractivity contribution in [3.8, 4) is 0 Å². The third-order valence-corrected chi connectivity index (χ3v) is 2.17. The van der Waals surface area contributed by atoms with Crippen LogP contribution in [-0.2, 0) is 4.79 Å². The standard InChI is InChI=1S/C7H12N2O2.C2H6/c1-4-7(2)5(10)9(3)6(11)8-7;1-2/h4H2,1-3H3,(H,8,11);1-2H3/t7-;/m1./s1. The molecule has 0 unspecified atom stereocenters. The number of carbonyl (C=O) groups excluding carboxylic acids is 2. The lowest BCUT2D eigenvalue weighted by Gasteiger charge is -2.17. The van der Waals surface area contributed by atoms with Crippen LogP contribution in [0.2, 0.25) is 0 Å². The molecule has 3 amide bonds. The quantitative estimate of drug-likeness (QED) is 0.629. The average Bonchev–Trinajstić information content (AvgIpc) is 2.35. The van der Waals surface area contributed by atoms with Gasteiger partial charge in [0.25, 0.3) is 5.91 Å². The number of carbonyl (C=O) groups is 2. The third-order valence-electron chi connectivity index (χ3n) is 2.17. The van der Waals surface area contributed by atoms with Crippen molar-refractivity contribution in [2.24, 2.45) is 0 Å². The van der Waals surface area contributed by atoms with Gasteiger partial charge >= 0.3 is 6.03 Å². The van der Waals surface area contributed by atoms with Crippen LogP contribution < -0.4 is 5.32 Å². The van der Waals surface area contributed by atoms with E-state index < -0.39 is 5.54 Å². The zero-order valence-corrected chi connectivity index (χ0v) is 8.97. The Balaban J connectivity index is 0.000000671. The van der Waals surface area contributed by atoms with E-state index in [-0.39, 0.29) is 11.9 Å². The lowest BCUT2D eigenvalue weighted by molar-refractivity contribution is -0.129. The summed E-state index contributed by atoms with van der Waals surface area (Å²) in [4.78, 5) is 23.4. The Morgan fingerprint density at radius 1 is 1.38 bits per heavy atom. The average molecular weight is 186 g/mol. The minimum atomic E-state index is -0.675. The Hall–Kier alpha value is -1.06. The van der Waals surface area contributed by atoms with Crippen molar-refractivity contribution in [2.75, 3.05) is 7.05 Å². The monoisotopic (exact) mass is 186 g/mol. The SMILES string of the molecule is CC.CC[C@@]1(C)NC(=O)N(C)C1=O. The van der Waals surface area contributed by atoms with E-state index in [9.17, 15) is 9.59 Å². The molecular weight excluding hydrogens is 168 g/mol. The van der Waals surface area contributed by atoms with E-state index in [0.717, 1.165) is 4.90 Å². The van der Waals surface area contributed by atoms with Crippen molar-refractivity contribution in [2.45, 2.75) is 39.7 Å². The first-order valence-electron chi connectivity index (χ1n) is 4.61. The van der Waals surface area contributed by atoms with Crippen LogP contribution in [0.5, 0.6) is 0 Å². The highest BCUT2D eigenvalue weighted by molar-refractivity contribution is 6.06. The van der Waals surface area contributed by atoms with E-state index in [4.69, 9.17) is 0 Å². The van der Waals surface area contributed by atoms with E-state index in [2.05, 4.69) is 5.32 Å². The number of hydrogen-bond acceptors (Lipinski definition) is 2. The van der Waals surface area contributed by atoms with Crippen molar-refractivity contribution in [3.63, 3.8) is 0 Å². The molecule has 13 heavy (non-hydrogen) atoms. The molecule has 0 aromatic rings. The Labute approximate surface area is 79.3 Å². The van der Waals surface area contributed by atoms with E-state index in [1.165, 1.54) is 7.05 Å². The van der Waals surface area contributed by atoms with Crippen LogP contribution in [0.4, 0.5) is 4.79 Å². The van der Waals surface area contributed by atoms with Crippen LogP contribution in [0.15, 0.2) is 0 Å². The van der Waals surface area contributed by atoms with Gasteiger partial charge in [-0.2, -0.15) is 0 Å². The Kier molecular flexibility index (Phi) is 3.91. The van der Waals surface area contributed by atoms with Crippen molar-refractivity contribution >= 4 is 11.9 Å². The Bertz CT molecular complexity index is 216. The Morgan fingerprint density at radius 2 is 1.85 bits per heavy atom. The van der Waals surface area contributed by atoms with Gasteiger partial charge in [0, 0.05) is 7.05 Å². The van der Waals surface area contributed by atoms with Crippen LogP contribution in [-0.4, -0.2) is 29.4 Å². The molecule has 0 spiro atoms. The largest absolute Gasteiger partial charge is 0.324 e. The highest BCUT2D eigenvalue weighted by Crippen LogP contribution is 2.18. The van der Waals surface area contributed by atoms with Gasteiger partial charge < -0.3 is 5.32 Å². The number of rotatable bonds is 1. The number of imide groups is 1. The summed E-state index contributed by atoms with van der Waals surface area (Å²) in [6, 6.07) is -0.306. The number of nitrogens with one attached hydrogen (secondary N) is 1. The molecule has 76 valence electrons. The minimum Gasteiger partial charge on any atom is -0.323 e. The first-order chi connectivity index (χ1) is 6.01. The zero-order valence-electron chi connectivity index (χ0n) is 8.97. The highest BCUT2D eigenvalue weighted by atomic mass is 16.2. The fraction of sp³-hybridized carbons (Fsp3) is 0.778. The minimum absolute atomic E-state index is 0.148. The third kappa shape index (κ3) is 1.99. The smallest absolute Gasteiger partial charge is 0.323 e. The molecule has 4 nitrogen and oxygen atoms in total. The molecule has 0 aliphatic carbocycles. The molecule has 0 aromatic heterocycles. The van der Waals surface area contributed by atoms with Crippen molar-refractivity contribution in [1.29, 1.82) is 0 Å². The molecule has 0 radical (unpaired) electrons. The van der Waals surface area contributed by atoms with Crippen molar-refractivity contribution in [3.05, 3.63) is 0 Å². The molecule has 0 bridgehead atoms. The number of nitrogens with zero attached hydrogens (tertiary/aromatic N) is 1. The first-order valence-corrected chi connectivity index (χ1v) is 4.61. The van der Waals surface area contributed by atoms with E-state index in [1.54, 1.807) is 6.92 Å². The maximum Gasteiger partial charge on any atom is 0.324 e. The van der Waals surface area contributed by atoms with Gasteiger partial charge in [-0.3, -0.25) is 9.69 Å². The molecule has 0 aromatic carbocycles. The molecule has 0 saturated carbocycles. The second-order valence-electron chi connectivity index (χ2n) is 2.98. The predicted octanol–water partition coefficient (Wildman–Crippen LogP) is 1.36. The van der Waals surface area contributed by atoms with Crippen LogP contribution in [0.1, 0.15) is 34.1 Å². The molecule has 1 N–H and O–H groups in total. The fourth-order valence-corrected chi connectivity index (χ4v) is 1.08. The summed E-state index contributed by atoms with van der Waals surface area (Å²) in [6.45, 7) is 7.61. The molecule has 1 saturated heterocycles. The van der Waals surface area contributed by atoms with E-state index in [0.29, 0.717) is 6.42 Å². The molecule has 1 aliphatic rings. The summed E-state index contributed by atoms with van der Waals surface area (Å²) < 4.78 is 0. The van der Waals surface area contributed by atoms with E-state index >= 15 is 0 Å². The zero-order chi connectivity index (χ0) is 10.6. The van der Waals surface area contributed by atoms with Crippen LogP contribution in [0.3, 0.4) is 0 Å². The number of likely N-dealkylation sites (N-methyl/N-ethyl adjacent to an activating group) is 1. The molecule has 1 atom stereocenters. The van der Waals surface area contributed by atoms with Gasteiger partial charge in [-0.25, -0.2) is 4.79 Å². The van der Waals surface area contributed by atoms with E-state index in [1.807, 2.05) is 20.8 Å². The molecular formula is C9H18N2O2. The maximum atomic E-state index is 11.3. The molecule has 1 heterocycles. The number of urea groups is 1. The number of amides is 3. The van der Waals surface area contributed by atoms with Gasteiger partial charge in [-0.1, -0.05) is 20.8 Å². The highest BCUT2D eigenvalue weighted by Gasteiger charge is 2.44. The summed E-state index contributed by atoms with van der Waals surface area (Å²) in [5, 5.41) is 2.62. The first kappa shape index (κ1) is 11.9. The summed E-state index contributed by atoms with van der Waals surface area (Å²) in [6.07, 6.45) is 0.627. The topological polar surface area (TPSA) is 49.4 Å². The van der Waals surface area contributed by atoms with Gasteiger partial charge in [-0.05, 0) is 13.3 Å². The van der Waals surface area contributed by atoms with Gasteiger partial charge in [0.05, 0.1) is 0 Å². The van der Waals surface area contributed by atoms with Crippen LogP contribution in [0.25, 0.3) is 0 Å². The summed E-state index contributed by atoms with van der Waals surface area (Å²) in [5.74, 6) is -0.148. The molecule has 1 aliphatic heterocycles. The fourth-order valence-electron chi connectivity index (χ4n) is 1.08.